The fraction of sp³-hybridized carbons (Fsp3) is 0.286. The van der Waals surface area contributed by atoms with Crippen molar-refractivity contribution in [2.75, 3.05) is 11.9 Å². The lowest BCUT2D eigenvalue weighted by Crippen LogP contribution is -2.33. The molecule has 0 aromatic carbocycles. The summed E-state index contributed by atoms with van der Waals surface area (Å²) in [7, 11) is 0. The SMILES string of the molecule is NC(=O)c1cc(-c2csc(NC(=O)CNC(=O)C3CC3)n2)c[nH]1. The average molecular weight is 333 g/mol. The second-order valence-electron chi connectivity index (χ2n) is 5.24. The Kier molecular flexibility index (Phi) is 4.11. The van der Waals surface area contributed by atoms with Gasteiger partial charge in [-0.1, -0.05) is 0 Å². The Balaban J connectivity index is 1.56. The van der Waals surface area contributed by atoms with Crippen molar-refractivity contribution < 1.29 is 14.4 Å². The van der Waals surface area contributed by atoms with Crippen molar-refractivity contribution in [1.82, 2.24) is 15.3 Å². The third kappa shape index (κ3) is 3.75. The molecular formula is C14H15N5O3S. The Morgan fingerprint density at radius 1 is 1.39 bits per heavy atom. The van der Waals surface area contributed by atoms with Crippen LogP contribution in [-0.2, 0) is 9.59 Å². The summed E-state index contributed by atoms with van der Waals surface area (Å²) in [5.74, 6) is -0.883. The van der Waals surface area contributed by atoms with Gasteiger partial charge in [0.15, 0.2) is 5.13 Å². The van der Waals surface area contributed by atoms with Gasteiger partial charge in [-0.25, -0.2) is 4.98 Å². The van der Waals surface area contributed by atoms with E-state index in [4.69, 9.17) is 5.73 Å². The molecular weight excluding hydrogens is 318 g/mol. The number of hydrogen-bond donors (Lipinski definition) is 4. The number of aromatic amines is 1. The molecule has 2 heterocycles. The molecule has 1 aliphatic carbocycles. The van der Waals surface area contributed by atoms with Gasteiger partial charge >= 0.3 is 0 Å². The largest absolute Gasteiger partial charge is 0.364 e. The molecule has 0 radical (unpaired) electrons. The zero-order valence-corrected chi connectivity index (χ0v) is 12.9. The Morgan fingerprint density at radius 3 is 2.83 bits per heavy atom. The highest BCUT2D eigenvalue weighted by Gasteiger charge is 2.29. The summed E-state index contributed by atoms with van der Waals surface area (Å²) in [5, 5.41) is 7.40. The highest BCUT2D eigenvalue weighted by Crippen LogP contribution is 2.28. The van der Waals surface area contributed by atoms with Crippen LogP contribution in [0.5, 0.6) is 0 Å². The number of hydrogen-bond acceptors (Lipinski definition) is 5. The predicted octanol–water partition coefficient (Wildman–Crippen LogP) is 0.702. The first kappa shape index (κ1) is 15.2. The monoisotopic (exact) mass is 333 g/mol. The molecule has 0 unspecified atom stereocenters. The van der Waals surface area contributed by atoms with Crippen LogP contribution in [0.15, 0.2) is 17.6 Å². The fourth-order valence-electron chi connectivity index (χ4n) is 1.97. The topological polar surface area (TPSA) is 130 Å². The number of carbonyl (C=O) groups is 3. The lowest BCUT2D eigenvalue weighted by molar-refractivity contribution is -0.125. The molecule has 0 bridgehead atoms. The number of nitrogens with two attached hydrogens (primary N) is 1. The van der Waals surface area contributed by atoms with Crippen LogP contribution in [0.25, 0.3) is 11.3 Å². The van der Waals surface area contributed by atoms with Crippen molar-refractivity contribution in [3.05, 3.63) is 23.3 Å². The van der Waals surface area contributed by atoms with Crippen molar-refractivity contribution in [2.24, 2.45) is 11.7 Å². The molecule has 3 rings (SSSR count). The fourth-order valence-corrected chi connectivity index (χ4v) is 2.70. The van der Waals surface area contributed by atoms with E-state index in [-0.39, 0.29) is 24.3 Å². The van der Waals surface area contributed by atoms with Crippen LogP contribution in [0.3, 0.4) is 0 Å². The first-order valence-corrected chi connectivity index (χ1v) is 7.92. The zero-order valence-electron chi connectivity index (χ0n) is 12.1. The lowest BCUT2D eigenvalue weighted by atomic mass is 10.2. The van der Waals surface area contributed by atoms with Gasteiger partial charge in [-0.3, -0.25) is 14.4 Å². The Morgan fingerprint density at radius 2 is 2.17 bits per heavy atom. The zero-order chi connectivity index (χ0) is 16.4. The van der Waals surface area contributed by atoms with E-state index in [9.17, 15) is 14.4 Å². The molecule has 0 aliphatic heterocycles. The number of anilines is 1. The minimum Gasteiger partial charge on any atom is -0.364 e. The number of nitrogens with zero attached hydrogens (tertiary/aromatic N) is 1. The van der Waals surface area contributed by atoms with E-state index < -0.39 is 5.91 Å². The second-order valence-corrected chi connectivity index (χ2v) is 6.10. The third-order valence-electron chi connectivity index (χ3n) is 3.37. The quantitative estimate of drug-likeness (QED) is 0.620. The maximum atomic E-state index is 11.8. The first-order valence-electron chi connectivity index (χ1n) is 7.04. The number of carbonyl (C=O) groups excluding carboxylic acids is 3. The number of thiazole rings is 1. The van der Waals surface area contributed by atoms with E-state index in [1.54, 1.807) is 17.6 Å². The number of nitrogens with one attached hydrogen (secondary N) is 3. The molecule has 1 aliphatic rings. The average Bonchev–Trinajstić information content (AvgIpc) is 3.06. The van der Waals surface area contributed by atoms with E-state index in [0.29, 0.717) is 22.1 Å². The predicted molar refractivity (Wildman–Crippen MR) is 84.8 cm³/mol. The van der Waals surface area contributed by atoms with Gasteiger partial charge in [-0.05, 0) is 18.9 Å². The van der Waals surface area contributed by atoms with Gasteiger partial charge in [0.2, 0.25) is 11.8 Å². The van der Waals surface area contributed by atoms with Crippen LogP contribution in [0, 0.1) is 5.92 Å². The van der Waals surface area contributed by atoms with Crippen LogP contribution in [-0.4, -0.2) is 34.2 Å². The summed E-state index contributed by atoms with van der Waals surface area (Å²) in [6.45, 7) is -0.0692. The highest BCUT2D eigenvalue weighted by molar-refractivity contribution is 7.14. The van der Waals surface area contributed by atoms with Gasteiger partial charge in [-0.15, -0.1) is 11.3 Å². The van der Waals surface area contributed by atoms with E-state index >= 15 is 0 Å². The summed E-state index contributed by atoms with van der Waals surface area (Å²) in [5.41, 5.74) is 6.80. The molecule has 2 aromatic rings. The molecule has 1 fully saturated rings. The van der Waals surface area contributed by atoms with Gasteiger partial charge in [-0.2, -0.15) is 0 Å². The maximum absolute atomic E-state index is 11.8. The molecule has 120 valence electrons. The Labute approximate surface area is 135 Å². The van der Waals surface area contributed by atoms with Gasteiger partial charge < -0.3 is 21.4 Å². The normalized spacial score (nSPS) is 13.6. The van der Waals surface area contributed by atoms with E-state index in [0.717, 1.165) is 12.8 Å². The van der Waals surface area contributed by atoms with Crippen molar-refractivity contribution in [3.63, 3.8) is 0 Å². The van der Waals surface area contributed by atoms with Crippen molar-refractivity contribution in [2.45, 2.75) is 12.8 Å². The minimum absolute atomic E-state index is 0.0692. The lowest BCUT2D eigenvalue weighted by Gasteiger charge is -2.03. The molecule has 0 atom stereocenters. The third-order valence-corrected chi connectivity index (χ3v) is 4.12. The van der Waals surface area contributed by atoms with Crippen molar-refractivity contribution in [1.29, 1.82) is 0 Å². The highest BCUT2D eigenvalue weighted by atomic mass is 32.1. The molecule has 9 heteroatoms. The molecule has 0 spiro atoms. The second kappa shape index (κ2) is 6.21. The van der Waals surface area contributed by atoms with Crippen LogP contribution in [0.2, 0.25) is 0 Å². The molecule has 2 aromatic heterocycles. The van der Waals surface area contributed by atoms with Gasteiger partial charge in [0.25, 0.3) is 5.91 Å². The standard InChI is InChI=1S/C14H15N5O3S/c15-12(21)9-3-8(4-16-9)10-6-23-14(18-10)19-11(20)5-17-13(22)7-1-2-7/h3-4,6-7,16H,1-2,5H2,(H2,15,21)(H,17,22)(H,18,19,20). The van der Waals surface area contributed by atoms with Gasteiger partial charge in [0.05, 0.1) is 12.2 Å². The molecule has 23 heavy (non-hydrogen) atoms. The summed E-state index contributed by atoms with van der Waals surface area (Å²) in [6.07, 6.45) is 3.41. The number of rotatable bonds is 6. The van der Waals surface area contributed by atoms with Crippen molar-refractivity contribution >= 4 is 34.2 Å². The molecule has 5 N–H and O–H groups in total. The first-order chi connectivity index (χ1) is 11.0. The van der Waals surface area contributed by atoms with Crippen LogP contribution in [0.1, 0.15) is 23.3 Å². The van der Waals surface area contributed by atoms with Crippen molar-refractivity contribution in [3.8, 4) is 11.3 Å². The Hall–Kier alpha value is -2.68. The summed E-state index contributed by atoms with van der Waals surface area (Å²) < 4.78 is 0. The number of primary amides is 1. The number of H-pyrrole nitrogens is 1. The molecule has 3 amide bonds. The van der Waals surface area contributed by atoms with E-state index in [2.05, 4.69) is 20.6 Å². The van der Waals surface area contributed by atoms with Gasteiger partial charge in [0.1, 0.15) is 5.69 Å². The summed E-state index contributed by atoms with van der Waals surface area (Å²) in [4.78, 5) is 41.3. The minimum atomic E-state index is -0.550. The Bertz CT molecular complexity index is 762. The van der Waals surface area contributed by atoms with Crippen LogP contribution >= 0.6 is 11.3 Å². The number of amides is 3. The molecule has 8 nitrogen and oxygen atoms in total. The van der Waals surface area contributed by atoms with Crippen LogP contribution < -0.4 is 16.4 Å². The summed E-state index contributed by atoms with van der Waals surface area (Å²) in [6, 6.07) is 1.60. The molecule has 1 saturated carbocycles. The van der Waals surface area contributed by atoms with E-state index in [1.165, 1.54) is 11.3 Å². The van der Waals surface area contributed by atoms with Crippen LogP contribution in [0.4, 0.5) is 5.13 Å². The van der Waals surface area contributed by atoms with Gasteiger partial charge in [0, 0.05) is 23.1 Å². The van der Waals surface area contributed by atoms with E-state index in [1.807, 2.05) is 0 Å². The maximum Gasteiger partial charge on any atom is 0.265 e. The molecule has 0 saturated heterocycles. The summed E-state index contributed by atoms with van der Waals surface area (Å²) >= 11 is 1.26. The number of aromatic nitrogens is 2. The smallest absolute Gasteiger partial charge is 0.265 e.